The van der Waals surface area contributed by atoms with Crippen LogP contribution in [-0.2, 0) is 11.3 Å². The Hall–Kier alpha value is -1.92. The lowest BCUT2D eigenvalue weighted by atomic mass is 9.98. The third-order valence-electron chi connectivity index (χ3n) is 4.46. The standard InChI is InChI=1S/C16H20N4O2/c1-2-14(8-17-4-1)22-15-6-16(21-10-15)3-5-20(11-16)9-13-7-18-12-19-13/h1-2,4,7-8,12,15H,3,5-6,9-11H2,(H,18,19). The molecule has 0 amide bonds. The summed E-state index contributed by atoms with van der Waals surface area (Å²) in [5, 5.41) is 0. The summed E-state index contributed by atoms with van der Waals surface area (Å²) in [6.07, 6.45) is 9.25. The second kappa shape index (κ2) is 5.70. The zero-order valence-corrected chi connectivity index (χ0v) is 12.4. The second-order valence-corrected chi connectivity index (χ2v) is 6.16. The number of hydrogen-bond acceptors (Lipinski definition) is 5. The topological polar surface area (TPSA) is 63.3 Å². The largest absolute Gasteiger partial charge is 0.486 e. The Kier molecular flexibility index (Phi) is 3.56. The van der Waals surface area contributed by atoms with Crippen molar-refractivity contribution in [3.63, 3.8) is 0 Å². The fourth-order valence-corrected chi connectivity index (χ4v) is 3.45. The number of nitrogens with one attached hydrogen (secondary N) is 1. The summed E-state index contributed by atoms with van der Waals surface area (Å²) in [7, 11) is 0. The average molecular weight is 300 g/mol. The highest BCUT2D eigenvalue weighted by atomic mass is 16.6. The monoisotopic (exact) mass is 300 g/mol. The van der Waals surface area contributed by atoms with Gasteiger partial charge < -0.3 is 14.5 Å². The van der Waals surface area contributed by atoms with Crippen molar-refractivity contribution in [3.05, 3.63) is 42.7 Å². The van der Waals surface area contributed by atoms with Crippen molar-refractivity contribution >= 4 is 0 Å². The maximum absolute atomic E-state index is 6.12. The van der Waals surface area contributed by atoms with Crippen molar-refractivity contribution in [2.75, 3.05) is 19.7 Å². The lowest BCUT2D eigenvalue weighted by Crippen LogP contribution is -2.33. The Bertz CT molecular complexity index is 604. The number of pyridine rings is 1. The predicted molar refractivity (Wildman–Crippen MR) is 80.4 cm³/mol. The second-order valence-electron chi connectivity index (χ2n) is 6.16. The highest BCUT2D eigenvalue weighted by molar-refractivity contribution is 5.16. The van der Waals surface area contributed by atoms with E-state index in [4.69, 9.17) is 9.47 Å². The number of ether oxygens (including phenoxy) is 2. The molecule has 2 aliphatic rings. The zero-order valence-electron chi connectivity index (χ0n) is 12.4. The van der Waals surface area contributed by atoms with Crippen molar-refractivity contribution in [3.8, 4) is 5.75 Å². The van der Waals surface area contributed by atoms with Gasteiger partial charge in [-0.25, -0.2) is 4.98 Å². The van der Waals surface area contributed by atoms with Crippen LogP contribution in [0.3, 0.4) is 0 Å². The quantitative estimate of drug-likeness (QED) is 0.929. The minimum Gasteiger partial charge on any atom is -0.486 e. The van der Waals surface area contributed by atoms with Gasteiger partial charge in [0, 0.05) is 44.1 Å². The molecule has 4 heterocycles. The Morgan fingerprint density at radius 2 is 2.41 bits per heavy atom. The van der Waals surface area contributed by atoms with Gasteiger partial charge in [-0.05, 0) is 18.6 Å². The van der Waals surface area contributed by atoms with Crippen LogP contribution in [0.25, 0.3) is 0 Å². The zero-order chi connectivity index (χ0) is 14.8. The Morgan fingerprint density at radius 1 is 1.41 bits per heavy atom. The van der Waals surface area contributed by atoms with Gasteiger partial charge in [0.25, 0.3) is 0 Å². The SMILES string of the molecule is c1cncc(OC2COC3(CCN(Cc4cnc[nH]4)C3)C2)c1. The summed E-state index contributed by atoms with van der Waals surface area (Å²) in [6, 6.07) is 3.83. The minimum absolute atomic E-state index is 0.0487. The third-order valence-corrected chi connectivity index (χ3v) is 4.46. The van der Waals surface area contributed by atoms with Gasteiger partial charge in [0.2, 0.25) is 0 Å². The van der Waals surface area contributed by atoms with Crippen LogP contribution in [0, 0.1) is 0 Å². The van der Waals surface area contributed by atoms with Gasteiger partial charge in [0.05, 0.1) is 24.7 Å². The van der Waals surface area contributed by atoms with Gasteiger partial charge in [0.15, 0.2) is 0 Å². The van der Waals surface area contributed by atoms with Crippen LogP contribution in [0.1, 0.15) is 18.5 Å². The maximum atomic E-state index is 6.12. The van der Waals surface area contributed by atoms with Crippen LogP contribution in [0.15, 0.2) is 37.1 Å². The highest BCUT2D eigenvalue weighted by Gasteiger charge is 2.46. The molecule has 0 saturated carbocycles. The molecular weight excluding hydrogens is 280 g/mol. The van der Waals surface area contributed by atoms with Gasteiger partial charge in [-0.1, -0.05) is 0 Å². The van der Waals surface area contributed by atoms with E-state index in [1.165, 1.54) is 0 Å². The Morgan fingerprint density at radius 3 is 3.23 bits per heavy atom. The van der Waals surface area contributed by atoms with Crippen molar-refractivity contribution in [2.24, 2.45) is 0 Å². The fraction of sp³-hybridized carbons (Fsp3) is 0.500. The van der Waals surface area contributed by atoms with E-state index in [1.54, 1.807) is 18.7 Å². The molecule has 0 aromatic carbocycles. The molecule has 2 fully saturated rings. The number of hydrogen-bond donors (Lipinski definition) is 1. The molecule has 6 nitrogen and oxygen atoms in total. The fourth-order valence-electron chi connectivity index (χ4n) is 3.45. The first-order chi connectivity index (χ1) is 10.8. The first-order valence-electron chi connectivity index (χ1n) is 7.72. The summed E-state index contributed by atoms with van der Waals surface area (Å²) < 4.78 is 12.1. The van der Waals surface area contributed by atoms with E-state index in [0.29, 0.717) is 6.61 Å². The molecule has 2 saturated heterocycles. The number of aromatic amines is 1. The maximum Gasteiger partial charge on any atom is 0.138 e. The van der Waals surface area contributed by atoms with Crippen LogP contribution in [-0.4, -0.2) is 51.3 Å². The number of aromatic nitrogens is 3. The number of likely N-dealkylation sites (tertiary alicyclic amines) is 1. The number of nitrogens with zero attached hydrogens (tertiary/aromatic N) is 3. The molecule has 2 atom stereocenters. The highest BCUT2D eigenvalue weighted by Crippen LogP contribution is 2.36. The normalized spacial score (nSPS) is 28.5. The molecule has 2 aromatic rings. The average Bonchev–Trinajstić information content (AvgIpc) is 3.25. The van der Waals surface area contributed by atoms with Gasteiger partial charge >= 0.3 is 0 Å². The van der Waals surface area contributed by atoms with E-state index in [-0.39, 0.29) is 11.7 Å². The molecule has 116 valence electrons. The predicted octanol–water partition coefficient (Wildman–Crippen LogP) is 1.62. The summed E-state index contributed by atoms with van der Waals surface area (Å²) in [5.41, 5.74) is 1.10. The molecule has 1 N–H and O–H groups in total. The van der Waals surface area contributed by atoms with Crippen LogP contribution >= 0.6 is 0 Å². The molecule has 0 bridgehead atoms. The smallest absolute Gasteiger partial charge is 0.138 e. The summed E-state index contributed by atoms with van der Waals surface area (Å²) in [4.78, 5) is 13.7. The first kappa shape index (κ1) is 13.7. The summed E-state index contributed by atoms with van der Waals surface area (Å²) in [5.74, 6) is 0.820. The van der Waals surface area contributed by atoms with Gasteiger partial charge in [-0.15, -0.1) is 0 Å². The van der Waals surface area contributed by atoms with E-state index in [2.05, 4.69) is 19.9 Å². The molecule has 4 rings (SSSR count). The third kappa shape index (κ3) is 2.84. The van der Waals surface area contributed by atoms with E-state index >= 15 is 0 Å². The van der Waals surface area contributed by atoms with Crippen LogP contribution in [0.4, 0.5) is 0 Å². The summed E-state index contributed by atoms with van der Waals surface area (Å²) >= 11 is 0. The summed E-state index contributed by atoms with van der Waals surface area (Å²) in [6.45, 7) is 3.57. The van der Waals surface area contributed by atoms with Gasteiger partial charge in [-0.2, -0.15) is 0 Å². The number of rotatable bonds is 4. The van der Waals surface area contributed by atoms with Crippen LogP contribution in [0.5, 0.6) is 5.75 Å². The van der Waals surface area contributed by atoms with E-state index in [1.807, 2.05) is 18.3 Å². The molecule has 1 spiro atoms. The van der Waals surface area contributed by atoms with Crippen molar-refractivity contribution in [2.45, 2.75) is 31.1 Å². The first-order valence-corrected chi connectivity index (χ1v) is 7.72. The molecular formula is C16H20N4O2. The van der Waals surface area contributed by atoms with Crippen LogP contribution in [0.2, 0.25) is 0 Å². The Labute approximate surface area is 129 Å². The molecule has 2 aromatic heterocycles. The van der Waals surface area contributed by atoms with Crippen molar-refractivity contribution < 1.29 is 9.47 Å². The van der Waals surface area contributed by atoms with E-state index in [0.717, 1.165) is 43.9 Å². The van der Waals surface area contributed by atoms with Gasteiger partial charge in [0.1, 0.15) is 11.9 Å². The molecule has 2 unspecified atom stereocenters. The Balaban J connectivity index is 1.34. The lowest BCUT2D eigenvalue weighted by molar-refractivity contribution is 0.00927. The molecule has 2 aliphatic heterocycles. The van der Waals surface area contributed by atoms with Gasteiger partial charge in [-0.3, -0.25) is 9.88 Å². The van der Waals surface area contributed by atoms with Crippen molar-refractivity contribution in [1.82, 2.24) is 19.9 Å². The molecule has 6 heteroatoms. The molecule has 0 radical (unpaired) electrons. The van der Waals surface area contributed by atoms with E-state index < -0.39 is 0 Å². The lowest BCUT2D eigenvalue weighted by Gasteiger charge is -2.23. The molecule has 22 heavy (non-hydrogen) atoms. The minimum atomic E-state index is -0.0487. The number of H-pyrrole nitrogens is 1. The molecule has 0 aliphatic carbocycles. The van der Waals surface area contributed by atoms with E-state index in [9.17, 15) is 0 Å². The van der Waals surface area contributed by atoms with Crippen LogP contribution < -0.4 is 4.74 Å². The van der Waals surface area contributed by atoms with Crippen molar-refractivity contribution in [1.29, 1.82) is 0 Å². The number of imidazole rings is 1.